The molecule has 0 saturated heterocycles. The van der Waals surface area contributed by atoms with Crippen LogP contribution in [0.4, 0.5) is 4.79 Å². The third-order valence-corrected chi connectivity index (χ3v) is 3.11. The van der Waals surface area contributed by atoms with Crippen molar-refractivity contribution in [3.63, 3.8) is 0 Å². The van der Waals surface area contributed by atoms with Crippen molar-refractivity contribution in [1.29, 1.82) is 0 Å². The number of ether oxygens (including phenoxy) is 1. The summed E-state index contributed by atoms with van der Waals surface area (Å²) in [6.07, 6.45) is -0.750. The smallest absolute Gasteiger partial charge is 0.417 e. The molecule has 0 spiro atoms. The van der Waals surface area contributed by atoms with Crippen LogP contribution in [0.25, 0.3) is 0 Å². The van der Waals surface area contributed by atoms with E-state index < -0.39 is 18.0 Å². The normalized spacial score (nSPS) is 11.6. The van der Waals surface area contributed by atoms with Crippen molar-refractivity contribution >= 4 is 12.0 Å². The fraction of sp³-hybridized carbons (Fsp3) is 0.167. The summed E-state index contributed by atoms with van der Waals surface area (Å²) in [6, 6.07) is 17.5. The van der Waals surface area contributed by atoms with Gasteiger partial charge >= 0.3 is 6.09 Å². The van der Waals surface area contributed by atoms with E-state index >= 15 is 0 Å². The highest BCUT2D eigenvalue weighted by atomic mass is 16.6. The van der Waals surface area contributed by atoms with Crippen LogP contribution < -0.4 is 5.73 Å². The van der Waals surface area contributed by atoms with Gasteiger partial charge in [-0.15, -0.1) is 0 Å². The topological polar surface area (TPSA) is 72.6 Å². The second kappa shape index (κ2) is 8.10. The second-order valence-electron chi connectivity index (χ2n) is 5.08. The van der Waals surface area contributed by atoms with Crippen LogP contribution >= 0.6 is 0 Å². The van der Waals surface area contributed by atoms with Crippen LogP contribution in [0.5, 0.6) is 0 Å². The Labute approximate surface area is 135 Å². The van der Waals surface area contributed by atoms with Gasteiger partial charge in [-0.1, -0.05) is 60.7 Å². The van der Waals surface area contributed by atoms with Crippen LogP contribution in [0.2, 0.25) is 0 Å². The molecule has 0 aliphatic rings. The van der Waals surface area contributed by atoms with Crippen LogP contribution in [0.3, 0.4) is 0 Å². The lowest BCUT2D eigenvalue weighted by Crippen LogP contribution is -2.44. The lowest BCUT2D eigenvalue weighted by molar-refractivity contribution is -0.129. The molecule has 5 nitrogen and oxygen atoms in total. The first-order valence-corrected chi connectivity index (χ1v) is 7.27. The van der Waals surface area contributed by atoms with E-state index in [2.05, 4.69) is 0 Å². The average molecular weight is 311 g/mol. The van der Waals surface area contributed by atoms with E-state index in [1.165, 1.54) is 13.5 Å². The van der Waals surface area contributed by atoms with Crippen molar-refractivity contribution in [2.24, 2.45) is 5.73 Å². The standard InChI is InChI=1S/C18H19N2O3/c1-14(19)17(21)20(12-15-8-4-2-5-9-15)18(22)23-13-16-10-6-3-7-11-16/h2-12,14H,13,19H2,1H3/t14-/m0/s1. The van der Waals surface area contributed by atoms with Crippen molar-refractivity contribution in [2.45, 2.75) is 19.6 Å². The zero-order chi connectivity index (χ0) is 16.7. The fourth-order valence-corrected chi connectivity index (χ4v) is 1.90. The lowest BCUT2D eigenvalue weighted by atomic mass is 10.2. The Morgan fingerprint density at radius 1 is 1.09 bits per heavy atom. The van der Waals surface area contributed by atoms with Gasteiger partial charge in [-0.25, -0.2) is 9.69 Å². The third kappa shape index (κ3) is 4.93. The summed E-state index contributed by atoms with van der Waals surface area (Å²) < 4.78 is 5.21. The summed E-state index contributed by atoms with van der Waals surface area (Å²) in [5.41, 5.74) is 7.16. The molecule has 2 aromatic rings. The van der Waals surface area contributed by atoms with Crippen molar-refractivity contribution in [1.82, 2.24) is 4.90 Å². The summed E-state index contributed by atoms with van der Waals surface area (Å²) in [5.74, 6) is -0.521. The maximum absolute atomic E-state index is 12.3. The van der Waals surface area contributed by atoms with Gasteiger partial charge in [-0.05, 0) is 18.1 Å². The highest BCUT2D eigenvalue weighted by Crippen LogP contribution is 2.11. The Kier molecular flexibility index (Phi) is 5.88. The van der Waals surface area contributed by atoms with Crippen LogP contribution in [0, 0.1) is 6.54 Å². The number of hydrogen-bond donors (Lipinski definition) is 1. The van der Waals surface area contributed by atoms with Crippen LogP contribution in [-0.2, 0) is 16.1 Å². The molecule has 5 heteroatoms. The van der Waals surface area contributed by atoms with E-state index in [-0.39, 0.29) is 6.61 Å². The van der Waals surface area contributed by atoms with Crippen LogP contribution in [0.15, 0.2) is 60.7 Å². The van der Waals surface area contributed by atoms with E-state index in [9.17, 15) is 9.59 Å². The predicted octanol–water partition coefficient (Wildman–Crippen LogP) is 2.71. The Balaban J connectivity index is 2.06. The molecule has 2 aromatic carbocycles. The SMILES string of the molecule is C[C@H](N)C(=O)N([CH]c1ccccc1)C(=O)OCc1ccccc1. The molecule has 23 heavy (non-hydrogen) atoms. The van der Waals surface area contributed by atoms with E-state index in [4.69, 9.17) is 10.5 Å². The summed E-state index contributed by atoms with van der Waals surface area (Å²) in [4.78, 5) is 25.4. The maximum Gasteiger partial charge on any atom is 0.417 e. The summed E-state index contributed by atoms with van der Waals surface area (Å²) in [7, 11) is 0. The van der Waals surface area contributed by atoms with E-state index in [0.29, 0.717) is 5.56 Å². The number of rotatable bonds is 5. The number of imide groups is 1. The van der Waals surface area contributed by atoms with Gasteiger partial charge in [0.1, 0.15) is 6.61 Å². The molecule has 2 rings (SSSR count). The van der Waals surface area contributed by atoms with Crippen LogP contribution in [0.1, 0.15) is 18.1 Å². The molecule has 2 amide bonds. The highest BCUT2D eigenvalue weighted by Gasteiger charge is 2.26. The number of amides is 2. The van der Waals surface area contributed by atoms with E-state index in [0.717, 1.165) is 10.5 Å². The van der Waals surface area contributed by atoms with Gasteiger partial charge in [0.15, 0.2) is 0 Å². The van der Waals surface area contributed by atoms with Gasteiger partial charge < -0.3 is 10.5 Å². The molecule has 1 atom stereocenters. The summed E-state index contributed by atoms with van der Waals surface area (Å²) in [6.45, 7) is 3.04. The lowest BCUT2D eigenvalue weighted by Gasteiger charge is -2.21. The number of hydrogen-bond acceptors (Lipinski definition) is 4. The number of nitrogens with zero attached hydrogens (tertiary/aromatic N) is 1. The van der Waals surface area contributed by atoms with Gasteiger partial charge in [0.25, 0.3) is 0 Å². The number of carbonyl (C=O) groups excluding carboxylic acids is 2. The molecule has 0 fully saturated rings. The highest BCUT2D eigenvalue weighted by molar-refractivity contribution is 5.95. The Hall–Kier alpha value is -2.66. The first-order valence-electron chi connectivity index (χ1n) is 7.27. The fourth-order valence-electron chi connectivity index (χ4n) is 1.90. The first kappa shape index (κ1) is 16.7. The maximum atomic E-state index is 12.3. The molecule has 0 heterocycles. The zero-order valence-electron chi connectivity index (χ0n) is 12.9. The van der Waals surface area contributed by atoms with Gasteiger partial charge in [-0.2, -0.15) is 0 Å². The number of carbonyl (C=O) groups is 2. The van der Waals surface area contributed by atoms with Gasteiger partial charge in [-0.3, -0.25) is 4.79 Å². The molecule has 119 valence electrons. The molecule has 0 bridgehead atoms. The quantitative estimate of drug-likeness (QED) is 0.921. The zero-order valence-corrected chi connectivity index (χ0v) is 12.9. The van der Waals surface area contributed by atoms with Gasteiger partial charge in [0, 0.05) is 0 Å². The Morgan fingerprint density at radius 3 is 2.22 bits per heavy atom. The van der Waals surface area contributed by atoms with E-state index in [1.807, 2.05) is 48.5 Å². The van der Waals surface area contributed by atoms with Gasteiger partial charge in [0.05, 0.1) is 12.6 Å². The molecule has 1 radical (unpaired) electrons. The Bertz CT molecular complexity index is 642. The second-order valence-corrected chi connectivity index (χ2v) is 5.08. The first-order chi connectivity index (χ1) is 11.1. The number of nitrogens with two attached hydrogens (primary N) is 1. The van der Waals surface area contributed by atoms with Gasteiger partial charge in [0.2, 0.25) is 5.91 Å². The summed E-state index contributed by atoms with van der Waals surface area (Å²) >= 11 is 0. The summed E-state index contributed by atoms with van der Waals surface area (Å²) in [5, 5.41) is 0. The minimum Gasteiger partial charge on any atom is -0.444 e. The monoisotopic (exact) mass is 311 g/mol. The minimum atomic E-state index is -0.806. The van der Waals surface area contributed by atoms with Crippen molar-refractivity contribution in [2.75, 3.05) is 0 Å². The van der Waals surface area contributed by atoms with Crippen molar-refractivity contribution in [3.05, 3.63) is 78.3 Å². The predicted molar refractivity (Wildman–Crippen MR) is 87.0 cm³/mol. The molecule has 0 aliphatic carbocycles. The average Bonchev–Trinajstić information content (AvgIpc) is 2.58. The molecule has 0 saturated carbocycles. The van der Waals surface area contributed by atoms with Crippen LogP contribution in [-0.4, -0.2) is 22.9 Å². The molecule has 2 N–H and O–H groups in total. The third-order valence-electron chi connectivity index (χ3n) is 3.11. The minimum absolute atomic E-state index is 0.0883. The molecular weight excluding hydrogens is 292 g/mol. The Morgan fingerprint density at radius 2 is 1.65 bits per heavy atom. The molecule has 0 aliphatic heterocycles. The molecular formula is C18H19N2O3. The number of benzene rings is 2. The molecule has 0 unspecified atom stereocenters. The molecule has 0 aromatic heterocycles. The largest absolute Gasteiger partial charge is 0.444 e. The van der Waals surface area contributed by atoms with E-state index in [1.54, 1.807) is 12.1 Å². The van der Waals surface area contributed by atoms with Crippen molar-refractivity contribution in [3.8, 4) is 0 Å². The van der Waals surface area contributed by atoms with Crippen molar-refractivity contribution < 1.29 is 14.3 Å².